The van der Waals surface area contributed by atoms with Gasteiger partial charge in [-0.05, 0) is 61.6 Å². The summed E-state index contributed by atoms with van der Waals surface area (Å²) in [5, 5.41) is 9.82. The van der Waals surface area contributed by atoms with Crippen LogP contribution in [0.5, 0.6) is 0 Å². The number of nitrogens with zero attached hydrogens (tertiary/aromatic N) is 3. The third kappa shape index (κ3) is 7.93. The highest BCUT2D eigenvalue weighted by molar-refractivity contribution is 7.53. The van der Waals surface area contributed by atoms with Crippen LogP contribution in [0.4, 0.5) is 0 Å². The monoisotopic (exact) mass is 435 g/mol. The lowest BCUT2D eigenvalue weighted by Crippen LogP contribution is -2.54. The van der Waals surface area contributed by atoms with E-state index in [2.05, 4.69) is 6.92 Å². The Morgan fingerprint density at radius 1 is 1.17 bits per heavy atom. The van der Waals surface area contributed by atoms with Crippen LogP contribution in [0.3, 0.4) is 0 Å². The molecule has 0 radical (unpaired) electrons. The molecular weight excluding hydrogens is 393 g/mol. The highest BCUT2D eigenvalue weighted by Crippen LogP contribution is 2.54. The Labute approximate surface area is 177 Å². The van der Waals surface area contributed by atoms with Crippen LogP contribution in [0.1, 0.15) is 60.8 Å². The number of hydrogen-bond donors (Lipinski definition) is 1. The van der Waals surface area contributed by atoms with Crippen molar-refractivity contribution in [2.45, 2.75) is 78.1 Å². The number of amides is 1. The first kappa shape index (κ1) is 26.5. The molecule has 2 atom stereocenters. The fraction of sp³-hybridized carbons (Fsp3) is 0.950. The maximum atomic E-state index is 13.5. The van der Waals surface area contributed by atoms with Crippen molar-refractivity contribution in [2.24, 2.45) is 0 Å². The van der Waals surface area contributed by atoms with Crippen LogP contribution in [0, 0.1) is 0 Å². The molecule has 29 heavy (non-hydrogen) atoms. The van der Waals surface area contributed by atoms with E-state index in [9.17, 15) is 14.5 Å². The molecule has 0 aliphatic carbocycles. The molecule has 0 spiro atoms. The third-order valence-corrected chi connectivity index (χ3v) is 7.87. The molecule has 0 bridgehead atoms. The Bertz CT molecular complexity index is 569. The van der Waals surface area contributed by atoms with Crippen molar-refractivity contribution >= 4 is 13.6 Å². The third-order valence-electron chi connectivity index (χ3n) is 5.11. The van der Waals surface area contributed by atoms with Gasteiger partial charge < -0.3 is 19.3 Å². The maximum Gasteiger partial charge on any atom is 0.345 e. The largest absolute Gasteiger partial charge is 0.390 e. The second-order valence-electron chi connectivity index (χ2n) is 9.21. The van der Waals surface area contributed by atoms with Crippen LogP contribution in [0.2, 0.25) is 0 Å². The van der Waals surface area contributed by atoms with Gasteiger partial charge in [-0.1, -0.05) is 13.3 Å². The van der Waals surface area contributed by atoms with Crippen LogP contribution in [-0.4, -0.2) is 89.4 Å². The van der Waals surface area contributed by atoms with E-state index in [4.69, 9.17) is 9.26 Å². The summed E-state index contributed by atoms with van der Waals surface area (Å²) in [6.45, 7) is 13.2. The zero-order chi connectivity index (χ0) is 22.5. The molecule has 172 valence electrons. The smallest absolute Gasteiger partial charge is 0.345 e. The van der Waals surface area contributed by atoms with Crippen LogP contribution in [0.25, 0.3) is 0 Å². The van der Waals surface area contributed by atoms with Gasteiger partial charge in [0.15, 0.2) is 0 Å². The van der Waals surface area contributed by atoms with Crippen molar-refractivity contribution in [3.05, 3.63) is 0 Å². The molecule has 1 fully saturated rings. The van der Waals surface area contributed by atoms with Gasteiger partial charge in [-0.3, -0.25) is 9.36 Å². The van der Waals surface area contributed by atoms with Gasteiger partial charge in [0.2, 0.25) is 0 Å². The Kier molecular flexibility index (Phi) is 9.78. The summed E-state index contributed by atoms with van der Waals surface area (Å²) in [5.41, 5.74) is -1.79. The van der Waals surface area contributed by atoms with Gasteiger partial charge in [-0.2, -0.15) is 0 Å². The lowest BCUT2D eigenvalue weighted by atomic mass is 10.0. The molecule has 0 aromatic heterocycles. The van der Waals surface area contributed by atoms with Crippen molar-refractivity contribution in [2.75, 3.05) is 46.9 Å². The second kappa shape index (κ2) is 10.7. The van der Waals surface area contributed by atoms with E-state index in [1.165, 1.54) is 0 Å². The van der Waals surface area contributed by atoms with E-state index in [-0.39, 0.29) is 12.0 Å². The van der Waals surface area contributed by atoms with Crippen LogP contribution in [-0.2, 0) is 18.6 Å². The summed E-state index contributed by atoms with van der Waals surface area (Å²) in [6, 6.07) is 0. The summed E-state index contributed by atoms with van der Waals surface area (Å²) in [7, 11) is 0.432. The van der Waals surface area contributed by atoms with Crippen molar-refractivity contribution in [3.8, 4) is 0 Å². The molecule has 9 heteroatoms. The first-order valence-electron chi connectivity index (χ1n) is 10.6. The molecule has 1 aliphatic rings. The van der Waals surface area contributed by atoms with E-state index in [0.29, 0.717) is 39.2 Å². The van der Waals surface area contributed by atoms with E-state index in [1.54, 1.807) is 51.4 Å². The highest BCUT2D eigenvalue weighted by atomic mass is 31.2. The Balaban J connectivity index is 2.69. The zero-order valence-electron chi connectivity index (χ0n) is 19.6. The highest BCUT2D eigenvalue weighted by Gasteiger charge is 2.41. The average Bonchev–Trinajstić information content (AvgIpc) is 2.59. The summed E-state index contributed by atoms with van der Waals surface area (Å²) in [4.78, 5) is 14.7. The molecule has 1 rings (SSSR count). The Morgan fingerprint density at radius 2 is 1.72 bits per heavy atom. The lowest BCUT2D eigenvalue weighted by molar-refractivity contribution is -0.157. The van der Waals surface area contributed by atoms with E-state index < -0.39 is 18.9 Å². The quantitative estimate of drug-likeness (QED) is 0.500. The molecule has 1 saturated heterocycles. The SMILES string of the molecule is CCCC(C)OP(=O)(N(C)C)N1CCN(C(=O)C(C)(C)OCCC(C)(C)O)CC1. The summed E-state index contributed by atoms with van der Waals surface area (Å²) < 4.78 is 28.8. The van der Waals surface area contributed by atoms with Gasteiger partial charge in [-0.15, -0.1) is 0 Å². The molecule has 8 nitrogen and oxygen atoms in total. The molecule has 1 aliphatic heterocycles. The van der Waals surface area contributed by atoms with E-state index in [1.807, 2.05) is 11.6 Å². The van der Waals surface area contributed by atoms with Crippen molar-refractivity contribution in [3.63, 3.8) is 0 Å². The molecule has 0 saturated carbocycles. The molecule has 2 unspecified atom stereocenters. The molecular formula is C20H42N3O5P. The predicted octanol–water partition coefficient (Wildman–Crippen LogP) is 2.96. The van der Waals surface area contributed by atoms with E-state index >= 15 is 0 Å². The number of carbonyl (C=O) groups excluding carboxylic acids is 1. The predicted molar refractivity (Wildman–Crippen MR) is 116 cm³/mol. The van der Waals surface area contributed by atoms with Crippen molar-refractivity contribution in [1.29, 1.82) is 0 Å². The molecule has 1 N–H and O–H groups in total. The van der Waals surface area contributed by atoms with Gasteiger partial charge in [0, 0.05) is 26.2 Å². The summed E-state index contributed by atoms with van der Waals surface area (Å²) in [6.07, 6.45) is 2.19. The molecule has 1 amide bonds. The first-order chi connectivity index (χ1) is 13.2. The van der Waals surface area contributed by atoms with Gasteiger partial charge >= 0.3 is 7.67 Å². The molecule has 0 aromatic rings. The topological polar surface area (TPSA) is 82.6 Å². The van der Waals surface area contributed by atoms with Crippen LogP contribution in [0.15, 0.2) is 0 Å². The first-order valence-corrected chi connectivity index (χ1v) is 12.1. The number of piperazine rings is 1. The summed E-state index contributed by atoms with van der Waals surface area (Å²) in [5.74, 6) is -0.0900. The number of hydrogen-bond acceptors (Lipinski definition) is 5. The maximum absolute atomic E-state index is 13.5. The summed E-state index contributed by atoms with van der Waals surface area (Å²) >= 11 is 0. The minimum atomic E-state index is -3.12. The van der Waals surface area contributed by atoms with E-state index in [0.717, 1.165) is 12.8 Å². The van der Waals surface area contributed by atoms with Gasteiger partial charge in [-0.25, -0.2) is 9.34 Å². The minimum Gasteiger partial charge on any atom is -0.390 e. The molecule has 1 heterocycles. The number of ether oxygens (including phenoxy) is 1. The zero-order valence-corrected chi connectivity index (χ0v) is 20.5. The number of rotatable bonds is 11. The second-order valence-corrected chi connectivity index (χ2v) is 11.8. The van der Waals surface area contributed by atoms with Crippen molar-refractivity contribution in [1.82, 2.24) is 14.2 Å². The van der Waals surface area contributed by atoms with Crippen molar-refractivity contribution < 1.29 is 23.7 Å². The minimum absolute atomic E-state index is 0.0870. The number of aliphatic hydroxyl groups is 1. The molecule has 0 aromatic carbocycles. The average molecular weight is 436 g/mol. The van der Waals surface area contributed by atoms with Crippen LogP contribution >= 0.6 is 7.67 Å². The fourth-order valence-corrected chi connectivity index (χ4v) is 5.34. The Morgan fingerprint density at radius 3 is 2.17 bits per heavy atom. The van der Waals surface area contributed by atoms with Gasteiger partial charge in [0.25, 0.3) is 5.91 Å². The fourth-order valence-electron chi connectivity index (χ4n) is 3.26. The standard InChI is InChI=1S/C20H42N3O5P/c1-9-10-17(2)28-29(26,21(7)8)23-14-12-22(13-15-23)18(24)20(5,6)27-16-11-19(3,4)25/h17,25H,9-16H2,1-8H3. The number of carbonyl (C=O) groups is 1. The van der Waals surface area contributed by atoms with Gasteiger partial charge in [0.1, 0.15) is 5.60 Å². The normalized spacial score (nSPS) is 20.0. The Hall–Kier alpha value is -0.500. The van der Waals surface area contributed by atoms with Crippen LogP contribution < -0.4 is 0 Å². The lowest BCUT2D eigenvalue weighted by Gasteiger charge is -2.42. The van der Waals surface area contributed by atoms with Gasteiger partial charge in [0.05, 0.1) is 18.3 Å².